The molecular weight excluding hydrogens is 605 g/mol. The number of unbranched alkanes of at least 4 members (excludes halogenated alkanes) is 2. The van der Waals surface area contributed by atoms with Crippen LogP contribution in [0.4, 0.5) is 0 Å². The van der Waals surface area contributed by atoms with Gasteiger partial charge >= 0.3 is 0 Å². The standard InChI is InChI=1S/C26H42IN5O6/c27-21-10-8-20(9-11-21)5-4-7-24(34)30-13-3-1-2-6-23(33)31-14-16-38-18-17-37-15-12-25(35)32-22(19-28)26(29)36/h8-11,22H,1-7,12-19,28H2,(H2,29,36)(H,30,34)(H,31,33)(H,32,35)/t22-/m1/s1. The quantitative estimate of drug-likeness (QED) is 0.0912. The summed E-state index contributed by atoms with van der Waals surface area (Å²) < 4.78 is 11.9. The number of carbonyl (C=O) groups is 4. The molecule has 12 heteroatoms. The van der Waals surface area contributed by atoms with Crippen molar-refractivity contribution in [2.75, 3.05) is 46.1 Å². The highest BCUT2D eigenvalue weighted by atomic mass is 127. The molecule has 0 radical (unpaired) electrons. The molecule has 1 atom stereocenters. The van der Waals surface area contributed by atoms with Gasteiger partial charge in [0.05, 0.1) is 26.4 Å². The van der Waals surface area contributed by atoms with Crippen LogP contribution in [-0.2, 0) is 35.1 Å². The maximum atomic E-state index is 11.9. The number of rotatable bonds is 22. The van der Waals surface area contributed by atoms with E-state index in [1.165, 1.54) is 9.13 Å². The lowest BCUT2D eigenvalue weighted by atomic mass is 10.1. The third-order valence-corrected chi connectivity index (χ3v) is 6.23. The molecule has 0 aromatic heterocycles. The van der Waals surface area contributed by atoms with Crippen LogP contribution in [-0.4, -0.2) is 75.7 Å². The van der Waals surface area contributed by atoms with Crippen molar-refractivity contribution in [1.82, 2.24) is 16.0 Å². The number of ether oxygens (including phenoxy) is 2. The van der Waals surface area contributed by atoms with Crippen molar-refractivity contribution < 1.29 is 28.7 Å². The number of carbonyl (C=O) groups excluding carboxylic acids is 4. The second-order valence-electron chi connectivity index (χ2n) is 8.72. The van der Waals surface area contributed by atoms with E-state index >= 15 is 0 Å². The van der Waals surface area contributed by atoms with Crippen LogP contribution in [0.25, 0.3) is 0 Å². The van der Waals surface area contributed by atoms with E-state index in [4.69, 9.17) is 20.9 Å². The number of halogens is 1. The number of primary amides is 1. The van der Waals surface area contributed by atoms with Gasteiger partial charge in [0.2, 0.25) is 23.6 Å². The van der Waals surface area contributed by atoms with Crippen molar-refractivity contribution in [3.05, 3.63) is 33.4 Å². The van der Waals surface area contributed by atoms with Gasteiger partial charge in [-0.05, 0) is 66.0 Å². The number of nitrogens with one attached hydrogen (secondary N) is 3. The lowest BCUT2D eigenvalue weighted by molar-refractivity contribution is -0.127. The summed E-state index contributed by atoms with van der Waals surface area (Å²) >= 11 is 2.28. The number of hydrogen-bond acceptors (Lipinski definition) is 7. The summed E-state index contributed by atoms with van der Waals surface area (Å²) in [6.07, 6.45) is 5.26. The summed E-state index contributed by atoms with van der Waals surface area (Å²) in [7, 11) is 0. The van der Waals surface area contributed by atoms with Crippen molar-refractivity contribution in [2.45, 2.75) is 57.4 Å². The van der Waals surface area contributed by atoms with Crippen LogP contribution < -0.4 is 27.4 Å². The molecule has 214 valence electrons. The number of amides is 4. The smallest absolute Gasteiger partial charge is 0.241 e. The first-order valence-corrected chi connectivity index (χ1v) is 14.1. The van der Waals surface area contributed by atoms with E-state index in [2.05, 4.69) is 62.8 Å². The topological polar surface area (TPSA) is 175 Å². The molecule has 0 bridgehead atoms. The normalized spacial score (nSPS) is 11.5. The summed E-state index contributed by atoms with van der Waals surface area (Å²) in [5, 5.41) is 8.18. The van der Waals surface area contributed by atoms with Crippen LogP contribution in [0.1, 0.15) is 50.5 Å². The van der Waals surface area contributed by atoms with Gasteiger partial charge in [-0.1, -0.05) is 18.6 Å². The average molecular weight is 648 g/mol. The fraction of sp³-hybridized carbons (Fsp3) is 0.615. The van der Waals surface area contributed by atoms with Gasteiger partial charge in [-0.3, -0.25) is 19.2 Å². The summed E-state index contributed by atoms with van der Waals surface area (Å²) in [4.78, 5) is 46.5. The molecule has 0 unspecified atom stereocenters. The molecule has 0 saturated heterocycles. The van der Waals surface area contributed by atoms with Crippen molar-refractivity contribution in [2.24, 2.45) is 11.5 Å². The molecule has 0 fully saturated rings. The van der Waals surface area contributed by atoms with Crippen molar-refractivity contribution in [1.29, 1.82) is 0 Å². The Morgan fingerprint density at radius 3 is 2.05 bits per heavy atom. The first-order chi connectivity index (χ1) is 18.3. The van der Waals surface area contributed by atoms with Gasteiger partial charge in [0, 0.05) is 42.5 Å². The molecule has 1 aromatic rings. The molecule has 1 rings (SSSR count). The van der Waals surface area contributed by atoms with Crippen LogP contribution in [0.15, 0.2) is 24.3 Å². The fourth-order valence-corrected chi connectivity index (χ4v) is 3.72. The molecule has 38 heavy (non-hydrogen) atoms. The molecule has 0 heterocycles. The fourth-order valence-electron chi connectivity index (χ4n) is 3.36. The molecule has 4 amide bonds. The van der Waals surface area contributed by atoms with Crippen LogP contribution >= 0.6 is 22.6 Å². The highest BCUT2D eigenvalue weighted by Gasteiger charge is 2.15. The van der Waals surface area contributed by atoms with Crippen LogP contribution in [0.5, 0.6) is 0 Å². The molecule has 0 aliphatic rings. The minimum atomic E-state index is -0.876. The minimum absolute atomic E-state index is 0.0257. The number of aryl methyl sites for hydroxylation is 1. The zero-order valence-electron chi connectivity index (χ0n) is 22.0. The van der Waals surface area contributed by atoms with E-state index in [0.717, 1.165) is 32.1 Å². The van der Waals surface area contributed by atoms with Crippen molar-refractivity contribution in [3.8, 4) is 0 Å². The molecule has 0 spiro atoms. The third kappa shape index (κ3) is 18.0. The maximum absolute atomic E-state index is 11.9. The van der Waals surface area contributed by atoms with E-state index in [1.807, 2.05) is 0 Å². The van der Waals surface area contributed by atoms with Crippen molar-refractivity contribution in [3.63, 3.8) is 0 Å². The predicted molar refractivity (Wildman–Crippen MR) is 153 cm³/mol. The Morgan fingerprint density at radius 1 is 0.763 bits per heavy atom. The van der Waals surface area contributed by atoms with Gasteiger partial charge in [0.25, 0.3) is 0 Å². The third-order valence-electron chi connectivity index (χ3n) is 5.51. The van der Waals surface area contributed by atoms with Crippen LogP contribution in [0.2, 0.25) is 0 Å². The van der Waals surface area contributed by atoms with Gasteiger partial charge in [-0.15, -0.1) is 0 Å². The lowest BCUT2D eigenvalue weighted by Crippen LogP contribution is -2.49. The number of hydrogen-bond donors (Lipinski definition) is 5. The second-order valence-corrected chi connectivity index (χ2v) is 9.97. The molecule has 0 aliphatic heterocycles. The molecule has 11 nitrogen and oxygen atoms in total. The molecule has 0 saturated carbocycles. The summed E-state index contributed by atoms with van der Waals surface area (Å²) in [5.41, 5.74) is 11.7. The molecule has 0 aliphatic carbocycles. The Balaban J connectivity index is 1.87. The molecular formula is C26H42IN5O6. The Kier molecular flexibility index (Phi) is 19.2. The Morgan fingerprint density at radius 2 is 1.39 bits per heavy atom. The van der Waals surface area contributed by atoms with Crippen LogP contribution in [0, 0.1) is 3.57 Å². The average Bonchev–Trinajstić information content (AvgIpc) is 2.89. The maximum Gasteiger partial charge on any atom is 0.241 e. The van der Waals surface area contributed by atoms with Gasteiger partial charge in [0.15, 0.2) is 0 Å². The zero-order chi connectivity index (χ0) is 28.0. The van der Waals surface area contributed by atoms with E-state index in [-0.39, 0.29) is 37.3 Å². The number of benzene rings is 1. The second kappa shape index (κ2) is 21.6. The lowest BCUT2D eigenvalue weighted by Gasteiger charge is -2.13. The zero-order valence-corrected chi connectivity index (χ0v) is 24.1. The summed E-state index contributed by atoms with van der Waals surface area (Å²) in [6, 6.07) is 7.47. The van der Waals surface area contributed by atoms with Gasteiger partial charge in [-0.2, -0.15) is 0 Å². The van der Waals surface area contributed by atoms with Gasteiger partial charge < -0.3 is 36.9 Å². The van der Waals surface area contributed by atoms with Crippen molar-refractivity contribution >= 4 is 46.2 Å². The SMILES string of the molecule is NC[C@@H](NC(=O)CCOCCOCCNC(=O)CCCCCNC(=O)CCCc1ccc(I)cc1)C(N)=O. The minimum Gasteiger partial charge on any atom is -0.379 e. The predicted octanol–water partition coefficient (Wildman–Crippen LogP) is 0.759. The first kappa shape index (κ1) is 33.7. The monoisotopic (exact) mass is 647 g/mol. The summed E-state index contributed by atoms with van der Waals surface area (Å²) in [5.74, 6) is -0.993. The molecule has 1 aromatic carbocycles. The van der Waals surface area contributed by atoms with Gasteiger partial charge in [0.1, 0.15) is 6.04 Å². The van der Waals surface area contributed by atoms with Gasteiger partial charge in [-0.25, -0.2) is 0 Å². The van der Waals surface area contributed by atoms with E-state index in [9.17, 15) is 19.2 Å². The van der Waals surface area contributed by atoms with Crippen LogP contribution in [0.3, 0.4) is 0 Å². The Hall–Kier alpha value is -2.29. The largest absolute Gasteiger partial charge is 0.379 e. The summed E-state index contributed by atoms with van der Waals surface area (Å²) in [6.45, 7) is 2.17. The Bertz CT molecular complexity index is 840. The first-order valence-electron chi connectivity index (χ1n) is 13.0. The van der Waals surface area contributed by atoms with E-state index in [0.29, 0.717) is 45.8 Å². The molecule has 7 N–H and O–H groups in total. The Labute approximate surface area is 238 Å². The highest BCUT2D eigenvalue weighted by Crippen LogP contribution is 2.09. The van der Waals surface area contributed by atoms with E-state index in [1.54, 1.807) is 0 Å². The van der Waals surface area contributed by atoms with E-state index < -0.39 is 11.9 Å². The highest BCUT2D eigenvalue weighted by molar-refractivity contribution is 14.1. The number of nitrogens with two attached hydrogens (primary N) is 2.